The first kappa shape index (κ1) is 18.6. The smallest absolute Gasteiger partial charge is 0.277 e. The molecule has 0 bridgehead atoms. The van der Waals surface area contributed by atoms with E-state index < -0.39 is 6.10 Å². The van der Waals surface area contributed by atoms with Crippen LogP contribution in [0.15, 0.2) is 52.1 Å². The third kappa shape index (κ3) is 4.23. The Morgan fingerprint density at radius 2 is 2.07 bits per heavy atom. The Kier molecular flexibility index (Phi) is 5.40. The molecule has 0 unspecified atom stereocenters. The number of rotatable bonds is 5. The number of benzene rings is 2. The highest BCUT2D eigenvalue weighted by Crippen LogP contribution is 2.36. The summed E-state index contributed by atoms with van der Waals surface area (Å²) < 4.78 is 17.1. The number of carbonyl (C=O) groups is 1. The van der Waals surface area contributed by atoms with Crippen molar-refractivity contribution in [2.24, 2.45) is 0 Å². The fourth-order valence-corrected chi connectivity index (χ4v) is 3.44. The van der Waals surface area contributed by atoms with Crippen LogP contribution in [0.1, 0.15) is 17.6 Å². The van der Waals surface area contributed by atoms with Crippen molar-refractivity contribution in [3.8, 4) is 11.5 Å². The van der Waals surface area contributed by atoms with Crippen molar-refractivity contribution in [3.05, 3.63) is 58.9 Å². The van der Waals surface area contributed by atoms with Gasteiger partial charge in [0.05, 0.1) is 16.5 Å². The molecule has 4 rings (SSSR count). The van der Waals surface area contributed by atoms with E-state index in [1.807, 2.05) is 37.3 Å². The predicted octanol–water partition coefficient (Wildman–Crippen LogP) is 4.27. The molecule has 0 saturated heterocycles. The third-order valence-electron chi connectivity index (χ3n) is 3.93. The number of aromatic nitrogens is 2. The minimum Gasteiger partial charge on any atom is -0.485 e. The quantitative estimate of drug-likeness (QED) is 0.620. The standard InChI is InChI=1S/C19H16ClN3O4S/c1-11-6-7-13(12(20)8-11)21-17(24)10-28-19-23-22-18(27-19)16-9-25-14-4-2-3-5-15(14)26-16/h2-8,16H,9-10H2,1H3,(H,21,24)/t16-/m1/s1. The molecular weight excluding hydrogens is 402 g/mol. The van der Waals surface area contributed by atoms with Crippen LogP contribution in [0.3, 0.4) is 0 Å². The van der Waals surface area contributed by atoms with Crippen molar-refractivity contribution in [2.45, 2.75) is 18.3 Å². The number of para-hydroxylation sites is 2. The number of fused-ring (bicyclic) bond motifs is 1. The van der Waals surface area contributed by atoms with Gasteiger partial charge in [0.15, 0.2) is 11.5 Å². The second-order valence-corrected chi connectivity index (χ2v) is 7.42. The van der Waals surface area contributed by atoms with Gasteiger partial charge in [0.1, 0.15) is 6.61 Å². The van der Waals surface area contributed by atoms with Gasteiger partial charge < -0.3 is 19.2 Å². The highest BCUT2D eigenvalue weighted by molar-refractivity contribution is 7.99. The van der Waals surface area contributed by atoms with Crippen molar-refractivity contribution >= 4 is 35.0 Å². The summed E-state index contributed by atoms with van der Waals surface area (Å²) in [4.78, 5) is 12.1. The van der Waals surface area contributed by atoms with Gasteiger partial charge in [-0.2, -0.15) is 0 Å². The highest BCUT2D eigenvalue weighted by atomic mass is 35.5. The van der Waals surface area contributed by atoms with Gasteiger partial charge in [-0.05, 0) is 36.8 Å². The molecule has 7 nitrogen and oxygen atoms in total. The molecule has 3 aromatic rings. The topological polar surface area (TPSA) is 86.5 Å². The lowest BCUT2D eigenvalue weighted by Gasteiger charge is -2.23. The molecule has 0 aliphatic carbocycles. The van der Waals surface area contributed by atoms with E-state index in [-0.39, 0.29) is 23.5 Å². The number of hydrogen-bond acceptors (Lipinski definition) is 7. The second kappa shape index (κ2) is 8.12. The molecule has 1 aromatic heterocycles. The average molecular weight is 418 g/mol. The lowest BCUT2D eigenvalue weighted by Crippen LogP contribution is -2.21. The van der Waals surface area contributed by atoms with Gasteiger partial charge in [-0.15, -0.1) is 10.2 Å². The van der Waals surface area contributed by atoms with Crippen molar-refractivity contribution in [1.29, 1.82) is 0 Å². The zero-order valence-corrected chi connectivity index (χ0v) is 16.4. The summed E-state index contributed by atoms with van der Waals surface area (Å²) in [6, 6.07) is 12.8. The summed E-state index contributed by atoms with van der Waals surface area (Å²) >= 11 is 7.26. The van der Waals surface area contributed by atoms with E-state index in [1.54, 1.807) is 12.1 Å². The molecule has 2 aromatic carbocycles. The molecule has 1 aliphatic heterocycles. The van der Waals surface area contributed by atoms with Crippen LogP contribution < -0.4 is 14.8 Å². The Bertz CT molecular complexity index is 1010. The van der Waals surface area contributed by atoms with E-state index in [1.165, 1.54) is 0 Å². The normalized spacial score (nSPS) is 15.3. The number of carbonyl (C=O) groups excluding carboxylic acids is 1. The molecule has 144 valence electrons. The number of halogens is 1. The maximum atomic E-state index is 12.1. The molecule has 1 amide bonds. The van der Waals surface area contributed by atoms with Gasteiger partial charge >= 0.3 is 0 Å². The van der Waals surface area contributed by atoms with Crippen molar-refractivity contribution in [2.75, 3.05) is 17.7 Å². The van der Waals surface area contributed by atoms with Gasteiger partial charge in [-0.1, -0.05) is 41.6 Å². The van der Waals surface area contributed by atoms with E-state index >= 15 is 0 Å². The van der Waals surface area contributed by atoms with E-state index in [9.17, 15) is 4.79 Å². The van der Waals surface area contributed by atoms with Gasteiger partial charge in [-0.3, -0.25) is 4.79 Å². The lowest BCUT2D eigenvalue weighted by molar-refractivity contribution is -0.113. The Balaban J connectivity index is 1.33. The molecule has 0 radical (unpaired) electrons. The van der Waals surface area contributed by atoms with Crippen LogP contribution in [0.4, 0.5) is 5.69 Å². The molecule has 9 heteroatoms. The van der Waals surface area contributed by atoms with E-state index in [0.717, 1.165) is 17.3 Å². The molecule has 0 spiro atoms. The fourth-order valence-electron chi connectivity index (χ4n) is 2.59. The number of nitrogens with one attached hydrogen (secondary N) is 1. The van der Waals surface area contributed by atoms with Crippen LogP contribution in [0, 0.1) is 6.92 Å². The number of amides is 1. The molecule has 1 N–H and O–H groups in total. The van der Waals surface area contributed by atoms with Gasteiger partial charge in [0.2, 0.25) is 12.0 Å². The number of nitrogens with zero attached hydrogens (tertiary/aromatic N) is 2. The number of thioether (sulfide) groups is 1. The minimum absolute atomic E-state index is 0.108. The summed E-state index contributed by atoms with van der Waals surface area (Å²) in [6.07, 6.45) is -0.489. The predicted molar refractivity (Wildman–Crippen MR) is 105 cm³/mol. The highest BCUT2D eigenvalue weighted by Gasteiger charge is 2.27. The molecule has 0 fully saturated rings. The maximum absolute atomic E-state index is 12.1. The van der Waals surface area contributed by atoms with Gasteiger partial charge in [0, 0.05) is 0 Å². The van der Waals surface area contributed by atoms with Crippen LogP contribution >= 0.6 is 23.4 Å². The van der Waals surface area contributed by atoms with Gasteiger partial charge in [0.25, 0.3) is 11.1 Å². The molecule has 1 atom stereocenters. The summed E-state index contributed by atoms with van der Waals surface area (Å²) in [5.74, 6) is 1.50. The first-order valence-electron chi connectivity index (χ1n) is 8.49. The third-order valence-corrected chi connectivity index (χ3v) is 5.06. The Hall–Kier alpha value is -2.71. The zero-order chi connectivity index (χ0) is 19.5. The second-order valence-electron chi connectivity index (χ2n) is 6.09. The van der Waals surface area contributed by atoms with Crippen molar-refractivity contribution < 1.29 is 18.7 Å². The van der Waals surface area contributed by atoms with Crippen LogP contribution in [-0.4, -0.2) is 28.5 Å². The van der Waals surface area contributed by atoms with Crippen LogP contribution in [0.25, 0.3) is 0 Å². The minimum atomic E-state index is -0.489. The Morgan fingerprint density at radius 3 is 2.89 bits per heavy atom. The lowest BCUT2D eigenvalue weighted by atomic mass is 10.2. The zero-order valence-electron chi connectivity index (χ0n) is 14.8. The monoisotopic (exact) mass is 417 g/mol. The van der Waals surface area contributed by atoms with Crippen LogP contribution in [0.5, 0.6) is 11.5 Å². The Labute approximate surface area is 170 Å². The molecule has 0 saturated carbocycles. The molecule has 2 heterocycles. The Morgan fingerprint density at radius 1 is 1.25 bits per heavy atom. The van der Waals surface area contributed by atoms with Crippen molar-refractivity contribution in [3.63, 3.8) is 0 Å². The van der Waals surface area contributed by atoms with E-state index in [0.29, 0.717) is 28.1 Å². The summed E-state index contributed by atoms with van der Waals surface area (Å²) in [6.45, 7) is 2.20. The van der Waals surface area contributed by atoms with E-state index in [4.69, 9.17) is 25.5 Å². The number of hydrogen-bond donors (Lipinski definition) is 1. The SMILES string of the molecule is Cc1ccc(NC(=O)CSc2nnc([C@H]3COc4ccccc4O3)o2)c(Cl)c1. The van der Waals surface area contributed by atoms with E-state index in [2.05, 4.69) is 15.5 Å². The van der Waals surface area contributed by atoms with Crippen LogP contribution in [0.2, 0.25) is 5.02 Å². The van der Waals surface area contributed by atoms with Gasteiger partial charge in [-0.25, -0.2) is 0 Å². The maximum Gasteiger partial charge on any atom is 0.277 e. The average Bonchev–Trinajstić information content (AvgIpc) is 3.17. The van der Waals surface area contributed by atoms with Crippen molar-refractivity contribution in [1.82, 2.24) is 10.2 Å². The molecular formula is C19H16ClN3O4S. The summed E-state index contributed by atoms with van der Waals surface area (Å²) in [5, 5.41) is 11.5. The summed E-state index contributed by atoms with van der Waals surface area (Å²) in [7, 11) is 0. The number of anilines is 1. The number of aryl methyl sites for hydroxylation is 1. The largest absolute Gasteiger partial charge is 0.485 e. The first-order valence-corrected chi connectivity index (χ1v) is 9.85. The molecule has 1 aliphatic rings. The molecule has 28 heavy (non-hydrogen) atoms. The van der Waals surface area contributed by atoms with Crippen LogP contribution in [-0.2, 0) is 4.79 Å². The summed E-state index contributed by atoms with van der Waals surface area (Å²) in [5.41, 5.74) is 1.59. The fraction of sp³-hybridized carbons (Fsp3) is 0.211. The first-order chi connectivity index (χ1) is 13.6. The number of ether oxygens (including phenoxy) is 2.